The molecule has 8 heteroatoms. The zero-order valence-electron chi connectivity index (χ0n) is 12.4. The van der Waals surface area contributed by atoms with Crippen LogP contribution in [0.2, 0.25) is 0 Å². The normalized spacial score (nSPS) is 21.7. The first-order valence-corrected chi connectivity index (χ1v) is 8.37. The second kappa shape index (κ2) is 6.43. The Hall–Kier alpha value is -1.96. The van der Waals surface area contributed by atoms with E-state index in [0.29, 0.717) is 5.00 Å². The number of hydrogen-bond acceptors (Lipinski definition) is 5. The van der Waals surface area contributed by atoms with Crippen LogP contribution in [0.3, 0.4) is 0 Å². The molecule has 22 heavy (non-hydrogen) atoms. The van der Waals surface area contributed by atoms with Gasteiger partial charge in [0.15, 0.2) is 0 Å². The molecule has 1 amide bonds. The molecule has 1 saturated carbocycles. The third kappa shape index (κ3) is 3.27. The Morgan fingerprint density at radius 1 is 1.36 bits per heavy atom. The number of rotatable bonds is 4. The molecule has 0 saturated heterocycles. The summed E-state index contributed by atoms with van der Waals surface area (Å²) in [6, 6.07) is 3.84. The molecule has 7 nitrogen and oxygen atoms in total. The summed E-state index contributed by atoms with van der Waals surface area (Å²) in [6.07, 6.45) is 4.28. The first-order chi connectivity index (χ1) is 10.6. The molecule has 0 unspecified atom stereocenters. The number of nitrogens with zero attached hydrogens (tertiary/aromatic N) is 4. The van der Waals surface area contributed by atoms with E-state index in [9.17, 15) is 9.59 Å². The lowest BCUT2D eigenvalue weighted by molar-refractivity contribution is -0.122. The summed E-state index contributed by atoms with van der Waals surface area (Å²) < 4.78 is 2.31. The van der Waals surface area contributed by atoms with Crippen molar-refractivity contribution in [3.8, 4) is 5.00 Å². The number of carbonyl (C=O) groups is 1. The second-order valence-corrected chi connectivity index (χ2v) is 6.73. The average molecular weight is 321 g/mol. The maximum absolute atomic E-state index is 12.2. The quantitative estimate of drug-likeness (QED) is 0.917. The fourth-order valence-electron chi connectivity index (χ4n) is 2.72. The lowest BCUT2D eigenvalue weighted by Gasteiger charge is -2.26. The number of nitrogens with one attached hydrogen (secondary N) is 1. The number of aromatic nitrogens is 4. The predicted octanol–water partition coefficient (Wildman–Crippen LogP) is 1.19. The summed E-state index contributed by atoms with van der Waals surface area (Å²) in [5, 5.41) is 13.1. The van der Waals surface area contributed by atoms with Crippen LogP contribution in [-0.4, -0.2) is 31.7 Å². The van der Waals surface area contributed by atoms with Crippen LogP contribution in [0.15, 0.2) is 22.3 Å². The first kappa shape index (κ1) is 15.0. The largest absolute Gasteiger partial charge is 0.369 e. The Morgan fingerprint density at radius 3 is 2.82 bits per heavy atom. The minimum Gasteiger partial charge on any atom is -0.352 e. The van der Waals surface area contributed by atoms with Crippen LogP contribution in [0.4, 0.5) is 0 Å². The van der Waals surface area contributed by atoms with Gasteiger partial charge in [-0.25, -0.2) is 4.79 Å². The zero-order valence-corrected chi connectivity index (χ0v) is 13.3. The summed E-state index contributed by atoms with van der Waals surface area (Å²) in [5.41, 5.74) is -0.394. The fraction of sp³-hybridized carbons (Fsp3) is 0.571. The molecule has 1 aliphatic carbocycles. The van der Waals surface area contributed by atoms with E-state index in [1.807, 2.05) is 11.4 Å². The maximum atomic E-state index is 12.2. The molecule has 1 aliphatic rings. The van der Waals surface area contributed by atoms with E-state index in [0.717, 1.165) is 36.3 Å². The van der Waals surface area contributed by atoms with Crippen LogP contribution >= 0.6 is 11.3 Å². The van der Waals surface area contributed by atoms with Crippen molar-refractivity contribution in [1.29, 1.82) is 0 Å². The molecular weight excluding hydrogens is 302 g/mol. The van der Waals surface area contributed by atoms with Crippen LogP contribution in [-0.2, 0) is 11.3 Å². The van der Waals surface area contributed by atoms with Crippen LogP contribution in [0.1, 0.15) is 32.6 Å². The maximum Gasteiger partial charge on any atom is 0.369 e. The highest BCUT2D eigenvalue weighted by molar-refractivity contribution is 7.12. The second-order valence-electron chi connectivity index (χ2n) is 5.81. The molecule has 2 aromatic rings. The van der Waals surface area contributed by atoms with Gasteiger partial charge in [-0.05, 0) is 59.5 Å². The minimum atomic E-state index is -0.394. The van der Waals surface area contributed by atoms with Gasteiger partial charge < -0.3 is 5.32 Å². The van der Waals surface area contributed by atoms with Crippen molar-refractivity contribution in [2.75, 3.05) is 0 Å². The first-order valence-electron chi connectivity index (χ1n) is 7.49. The summed E-state index contributed by atoms with van der Waals surface area (Å²) in [7, 11) is 0. The van der Waals surface area contributed by atoms with Crippen molar-refractivity contribution >= 4 is 17.2 Å². The van der Waals surface area contributed by atoms with E-state index >= 15 is 0 Å². The third-order valence-corrected chi connectivity index (χ3v) is 4.87. The van der Waals surface area contributed by atoms with Gasteiger partial charge in [-0.15, -0.1) is 11.3 Å². The van der Waals surface area contributed by atoms with E-state index < -0.39 is 5.69 Å². The van der Waals surface area contributed by atoms with Crippen LogP contribution in [0.25, 0.3) is 5.00 Å². The molecule has 118 valence electrons. The lowest BCUT2D eigenvalue weighted by Crippen LogP contribution is -2.40. The SMILES string of the molecule is CC1CCC(NC(=O)Cn2nnn(-c3cccs3)c2=O)CC1. The van der Waals surface area contributed by atoms with E-state index in [-0.39, 0.29) is 18.5 Å². The molecular formula is C14H19N5O2S. The van der Waals surface area contributed by atoms with Crippen molar-refractivity contribution in [1.82, 2.24) is 25.1 Å². The highest BCUT2D eigenvalue weighted by Gasteiger charge is 2.20. The molecule has 2 aromatic heterocycles. The van der Waals surface area contributed by atoms with E-state index in [2.05, 4.69) is 22.7 Å². The smallest absolute Gasteiger partial charge is 0.352 e. The zero-order chi connectivity index (χ0) is 15.5. The Balaban J connectivity index is 1.61. The van der Waals surface area contributed by atoms with Gasteiger partial charge in [0.2, 0.25) is 5.91 Å². The fourth-order valence-corrected chi connectivity index (χ4v) is 3.38. The monoisotopic (exact) mass is 321 g/mol. The summed E-state index contributed by atoms with van der Waals surface area (Å²) in [5.74, 6) is 0.557. The Bertz CT molecular complexity index is 682. The minimum absolute atomic E-state index is 0.0870. The van der Waals surface area contributed by atoms with Crippen LogP contribution < -0.4 is 11.0 Å². The van der Waals surface area contributed by atoms with Crippen molar-refractivity contribution in [2.24, 2.45) is 5.92 Å². The molecule has 1 N–H and O–H groups in total. The topological polar surface area (TPSA) is 81.8 Å². The van der Waals surface area contributed by atoms with E-state index in [4.69, 9.17) is 0 Å². The number of hydrogen-bond donors (Lipinski definition) is 1. The van der Waals surface area contributed by atoms with Crippen molar-refractivity contribution in [3.63, 3.8) is 0 Å². The number of amides is 1. The average Bonchev–Trinajstić information content (AvgIpc) is 3.12. The van der Waals surface area contributed by atoms with Gasteiger partial charge in [0.25, 0.3) is 0 Å². The molecule has 0 aliphatic heterocycles. The predicted molar refractivity (Wildman–Crippen MR) is 83.1 cm³/mol. The highest BCUT2D eigenvalue weighted by Crippen LogP contribution is 2.23. The van der Waals surface area contributed by atoms with Gasteiger partial charge >= 0.3 is 5.69 Å². The lowest BCUT2D eigenvalue weighted by atomic mass is 9.87. The van der Waals surface area contributed by atoms with Crippen molar-refractivity contribution < 1.29 is 4.79 Å². The molecule has 1 fully saturated rings. The van der Waals surface area contributed by atoms with Gasteiger partial charge in [-0.3, -0.25) is 4.79 Å². The summed E-state index contributed by atoms with van der Waals surface area (Å²) >= 11 is 1.40. The van der Waals surface area contributed by atoms with E-state index in [1.165, 1.54) is 16.0 Å². The van der Waals surface area contributed by atoms with Crippen LogP contribution in [0.5, 0.6) is 0 Å². The molecule has 0 spiro atoms. The van der Waals surface area contributed by atoms with Gasteiger partial charge in [0.1, 0.15) is 11.5 Å². The third-order valence-electron chi connectivity index (χ3n) is 4.03. The Kier molecular flexibility index (Phi) is 4.37. The highest BCUT2D eigenvalue weighted by atomic mass is 32.1. The van der Waals surface area contributed by atoms with Gasteiger partial charge in [0.05, 0.1) is 0 Å². The molecule has 3 rings (SSSR count). The molecule has 0 bridgehead atoms. The summed E-state index contributed by atoms with van der Waals surface area (Å²) in [6.45, 7) is 2.15. The number of tetrazole rings is 1. The van der Waals surface area contributed by atoms with E-state index in [1.54, 1.807) is 6.07 Å². The Labute approximate surface area is 131 Å². The molecule has 0 atom stereocenters. The molecule has 0 aromatic carbocycles. The number of carbonyl (C=O) groups excluding carboxylic acids is 1. The van der Waals surface area contributed by atoms with Crippen molar-refractivity contribution in [2.45, 2.75) is 45.2 Å². The van der Waals surface area contributed by atoms with Gasteiger partial charge in [-0.2, -0.15) is 9.36 Å². The Morgan fingerprint density at radius 2 is 2.14 bits per heavy atom. The van der Waals surface area contributed by atoms with Crippen LogP contribution in [0, 0.1) is 5.92 Å². The number of thiophene rings is 1. The standard InChI is InChI=1S/C14H19N5O2S/c1-10-4-6-11(7-5-10)15-12(20)9-18-14(21)19(17-16-18)13-3-2-8-22-13/h2-3,8,10-11H,4-7,9H2,1H3,(H,15,20). The summed E-state index contributed by atoms with van der Waals surface area (Å²) in [4.78, 5) is 24.2. The molecule has 0 radical (unpaired) electrons. The van der Waals surface area contributed by atoms with Gasteiger partial charge in [-0.1, -0.05) is 6.92 Å². The molecule has 2 heterocycles. The van der Waals surface area contributed by atoms with Gasteiger partial charge in [0, 0.05) is 6.04 Å². The van der Waals surface area contributed by atoms with Crippen molar-refractivity contribution in [3.05, 3.63) is 28.0 Å².